The van der Waals surface area contributed by atoms with E-state index in [4.69, 9.17) is 17.3 Å². The van der Waals surface area contributed by atoms with Crippen LogP contribution in [0, 0.1) is 45.3 Å². The molecule has 1 aromatic carbocycles. The largest absolute Gasteiger partial charge is 0.576 e. The molecule has 2 N–H and O–H groups in total. The molecule has 0 radical (unpaired) electrons. The zero-order valence-electron chi connectivity index (χ0n) is 15.7. The van der Waals surface area contributed by atoms with Crippen molar-refractivity contribution in [2.24, 2.45) is 17.1 Å². The minimum absolute atomic E-state index is 0.102. The third-order valence-electron chi connectivity index (χ3n) is 5.33. The van der Waals surface area contributed by atoms with E-state index < -0.39 is 29.7 Å². The van der Waals surface area contributed by atoms with Crippen LogP contribution in [0.1, 0.15) is 11.5 Å². The van der Waals surface area contributed by atoms with E-state index in [1.54, 1.807) is 18.2 Å². The van der Waals surface area contributed by atoms with E-state index in [9.17, 15) is 33.8 Å². The van der Waals surface area contributed by atoms with E-state index in [1.165, 1.54) is 12.1 Å². The van der Waals surface area contributed by atoms with Gasteiger partial charge in [0, 0.05) is 29.9 Å². The summed E-state index contributed by atoms with van der Waals surface area (Å²) in [4.78, 5) is 12.8. The van der Waals surface area contributed by atoms with Crippen LogP contribution in [0.25, 0.3) is 0 Å². The zero-order chi connectivity index (χ0) is 23.0. The summed E-state index contributed by atoms with van der Waals surface area (Å²) >= 11 is 6.08. The molecule has 2 aliphatic rings. The lowest BCUT2D eigenvalue weighted by molar-refractivity contribution is -0.294. The number of hydrogen-bond donors (Lipinski definition) is 1. The Hall–Kier alpha value is -3.68. The molecule has 0 saturated carbocycles. The van der Waals surface area contributed by atoms with Crippen molar-refractivity contribution in [3.8, 4) is 18.2 Å². The maximum atomic E-state index is 12.5. The van der Waals surface area contributed by atoms with Crippen molar-refractivity contribution in [2.45, 2.75) is 12.3 Å². The summed E-state index contributed by atoms with van der Waals surface area (Å²) in [5.74, 6) is -1.89. The second-order valence-corrected chi connectivity index (χ2v) is 7.39. The molecule has 1 aromatic rings. The lowest BCUT2D eigenvalue weighted by Crippen LogP contribution is -2.49. The van der Waals surface area contributed by atoms with Crippen molar-refractivity contribution in [3.63, 3.8) is 0 Å². The molecule has 0 bridgehead atoms. The Morgan fingerprint density at radius 1 is 1.29 bits per heavy atom. The molecule has 3 rings (SSSR count). The number of fused-ring (bicyclic) bond motifs is 1. The summed E-state index contributed by atoms with van der Waals surface area (Å²) in [6, 6.07) is 11.9. The smallest absolute Gasteiger partial charge is 0.399 e. The van der Waals surface area contributed by atoms with Gasteiger partial charge >= 0.3 is 12.5 Å². The summed E-state index contributed by atoms with van der Waals surface area (Å²) < 4.78 is 41.1. The monoisotopic (exact) mass is 447 g/mol. The molecule has 0 spiro atoms. The highest BCUT2D eigenvalue weighted by Crippen LogP contribution is 2.54. The molecule has 0 aromatic heterocycles. The third-order valence-corrected chi connectivity index (χ3v) is 5.57. The number of amides is 1. The van der Waals surface area contributed by atoms with Gasteiger partial charge in [-0.25, -0.2) is 4.79 Å². The van der Waals surface area contributed by atoms with E-state index >= 15 is 0 Å². The first-order valence-corrected chi connectivity index (χ1v) is 9.19. The minimum atomic E-state index is -5.18. The Balaban J connectivity index is 2.19. The first-order valence-electron chi connectivity index (χ1n) is 8.81. The first-order chi connectivity index (χ1) is 14.6. The molecule has 11 heteroatoms. The third kappa shape index (κ3) is 3.76. The number of nitriles is 3. The summed E-state index contributed by atoms with van der Waals surface area (Å²) in [6.45, 7) is -0.602. The number of alkyl halides is 3. The van der Waals surface area contributed by atoms with Gasteiger partial charge in [0.1, 0.15) is 6.07 Å². The Morgan fingerprint density at radius 3 is 2.52 bits per heavy atom. The SMILES string of the molecule is N#CC1=C(N)C(C#N)(C#N)C(c2cccc(Cl)c2)C2CN(C(=O)OC(F)(F)F)CC=C12. The molecule has 0 fully saturated rings. The van der Waals surface area contributed by atoms with Crippen LogP contribution in [-0.2, 0) is 4.74 Å². The Kier molecular flexibility index (Phi) is 5.59. The van der Waals surface area contributed by atoms with Crippen molar-refractivity contribution in [2.75, 3.05) is 13.1 Å². The minimum Gasteiger partial charge on any atom is -0.399 e. The molecule has 1 aliphatic heterocycles. The average Bonchev–Trinajstić information content (AvgIpc) is 2.71. The zero-order valence-corrected chi connectivity index (χ0v) is 16.4. The molecule has 31 heavy (non-hydrogen) atoms. The summed E-state index contributed by atoms with van der Waals surface area (Å²) in [5.41, 5.74) is 4.53. The predicted octanol–water partition coefficient (Wildman–Crippen LogP) is 3.72. The number of hydrogen-bond acceptors (Lipinski definition) is 6. The highest BCUT2D eigenvalue weighted by Gasteiger charge is 2.55. The maximum absolute atomic E-state index is 12.5. The fourth-order valence-electron chi connectivity index (χ4n) is 4.07. The number of nitrogens with two attached hydrogens (primary N) is 1. The van der Waals surface area contributed by atoms with Crippen LogP contribution in [0.4, 0.5) is 18.0 Å². The van der Waals surface area contributed by atoms with Gasteiger partial charge in [0.2, 0.25) is 0 Å². The Morgan fingerprint density at radius 2 is 1.97 bits per heavy atom. The number of halogens is 4. The van der Waals surface area contributed by atoms with E-state index in [0.29, 0.717) is 16.2 Å². The lowest BCUT2D eigenvalue weighted by atomic mass is 9.58. The fourth-order valence-corrected chi connectivity index (χ4v) is 4.27. The van der Waals surface area contributed by atoms with Crippen LogP contribution in [0.2, 0.25) is 5.02 Å². The average molecular weight is 448 g/mol. The number of ether oxygens (including phenoxy) is 1. The molecular weight excluding hydrogens is 435 g/mol. The normalized spacial score (nSPS) is 22.4. The van der Waals surface area contributed by atoms with Crippen molar-refractivity contribution >= 4 is 17.7 Å². The van der Waals surface area contributed by atoms with Gasteiger partial charge in [0.15, 0.2) is 5.41 Å². The summed E-state index contributed by atoms with van der Waals surface area (Å²) in [5, 5.41) is 29.8. The van der Waals surface area contributed by atoms with E-state index in [-0.39, 0.29) is 24.4 Å². The van der Waals surface area contributed by atoms with Gasteiger partial charge in [-0.1, -0.05) is 29.8 Å². The van der Waals surface area contributed by atoms with Crippen molar-refractivity contribution in [3.05, 3.63) is 57.8 Å². The van der Waals surface area contributed by atoms with Crippen LogP contribution in [-0.4, -0.2) is 30.4 Å². The lowest BCUT2D eigenvalue weighted by Gasteiger charge is -2.45. The predicted molar refractivity (Wildman–Crippen MR) is 100 cm³/mol. The van der Waals surface area contributed by atoms with Crippen molar-refractivity contribution in [1.82, 2.24) is 4.90 Å². The number of allylic oxidation sites excluding steroid dienone is 2. The van der Waals surface area contributed by atoms with Crippen LogP contribution >= 0.6 is 11.6 Å². The molecular formula is C20H13ClF3N5O2. The standard InChI is InChI=1S/C20H13ClF3N5O2/c21-12-3-1-2-11(6-12)16-15-8-29(18(30)31-20(22,23)24)5-4-13(15)14(7-25)17(28)19(16,9-26)10-27/h1-4,6,15-16H,5,8,28H2. The first kappa shape index (κ1) is 22.0. The molecule has 0 saturated heterocycles. The molecule has 1 amide bonds. The summed E-state index contributed by atoms with van der Waals surface area (Å²) in [6.07, 6.45) is -5.42. The van der Waals surface area contributed by atoms with E-state index in [0.717, 1.165) is 4.90 Å². The van der Waals surface area contributed by atoms with Crippen LogP contribution in [0.5, 0.6) is 0 Å². The van der Waals surface area contributed by atoms with Gasteiger partial charge in [-0.05, 0) is 23.3 Å². The molecule has 1 aliphatic carbocycles. The second kappa shape index (κ2) is 7.86. The van der Waals surface area contributed by atoms with Crippen molar-refractivity contribution in [1.29, 1.82) is 15.8 Å². The topological polar surface area (TPSA) is 127 Å². The van der Waals surface area contributed by atoms with Crippen LogP contribution < -0.4 is 5.73 Å². The van der Waals surface area contributed by atoms with Gasteiger partial charge in [-0.2, -0.15) is 15.8 Å². The molecule has 158 valence electrons. The van der Waals surface area contributed by atoms with E-state index in [1.807, 2.05) is 18.2 Å². The molecule has 2 unspecified atom stereocenters. The van der Waals surface area contributed by atoms with Gasteiger partial charge < -0.3 is 15.4 Å². The van der Waals surface area contributed by atoms with Crippen LogP contribution in [0.3, 0.4) is 0 Å². The van der Waals surface area contributed by atoms with Gasteiger partial charge in [0.25, 0.3) is 0 Å². The Bertz CT molecular complexity index is 1110. The van der Waals surface area contributed by atoms with Gasteiger partial charge in [-0.3, -0.25) is 0 Å². The summed E-state index contributed by atoms with van der Waals surface area (Å²) in [7, 11) is 0. The quantitative estimate of drug-likeness (QED) is 0.698. The highest BCUT2D eigenvalue weighted by molar-refractivity contribution is 6.30. The van der Waals surface area contributed by atoms with Crippen molar-refractivity contribution < 1.29 is 22.7 Å². The number of nitrogens with zero attached hydrogens (tertiary/aromatic N) is 4. The van der Waals surface area contributed by atoms with Crippen LogP contribution in [0.15, 0.2) is 47.2 Å². The molecule has 7 nitrogen and oxygen atoms in total. The number of carbonyl (C=O) groups excluding carboxylic acids is 1. The number of rotatable bonds is 1. The Labute approximate surface area is 180 Å². The fraction of sp³-hybridized carbons (Fsp3) is 0.300. The molecule has 1 heterocycles. The second-order valence-electron chi connectivity index (χ2n) is 6.95. The van der Waals surface area contributed by atoms with Gasteiger partial charge in [-0.15, -0.1) is 13.2 Å². The van der Waals surface area contributed by atoms with E-state index in [2.05, 4.69) is 4.74 Å². The highest BCUT2D eigenvalue weighted by atomic mass is 35.5. The maximum Gasteiger partial charge on any atom is 0.576 e. The van der Waals surface area contributed by atoms with Gasteiger partial charge in [0.05, 0.1) is 23.4 Å². The number of carbonyl (C=O) groups is 1. The number of benzene rings is 1. The molecule has 2 atom stereocenters.